The number of carboxylic acid groups (broad SMARTS) is 1. The van der Waals surface area contributed by atoms with E-state index in [4.69, 9.17) is 0 Å². The van der Waals surface area contributed by atoms with Crippen LogP contribution in [0.15, 0.2) is 0 Å². The Balaban J connectivity index is 2.23. The van der Waals surface area contributed by atoms with Crippen LogP contribution < -0.4 is 0 Å². The van der Waals surface area contributed by atoms with Gasteiger partial charge in [-0.3, -0.25) is 9.48 Å². The van der Waals surface area contributed by atoms with Crippen molar-refractivity contribution >= 4 is 5.97 Å². The van der Waals surface area contributed by atoms with Gasteiger partial charge in [0.05, 0.1) is 6.42 Å². The van der Waals surface area contributed by atoms with Gasteiger partial charge in [-0.05, 0) is 18.3 Å². The van der Waals surface area contributed by atoms with Gasteiger partial charge in [0.25, 0.3) is 0 Å². The molecule has 0 amide bonds. The molecular weight excluding hydrogens is 254 g/mol. The molecule has 20 heavy (non-hydrogen) atoms. The van der Waals surface area contributed by atoms with Crippen molar-refractivity contribution in [3.63, 3.8) is 0 Å². The van der Waals surface area contributed by atoms with Crippen LogP contribution in [0.5, 0.6) is 0 Å². The lowest BCUT2D eigenvalue weighted by atomic mass is 9.79. The van der Waals surface area contributed by atoms with E-state index in [1.165, 1.54) is 0 Å². The fourth-order valence-corrected chi connectivity index (χ4v) is 3.09. The molecule has 1 heterocycles. The second-order valence-electron chi connectivity index (χ2n) is 7.18. The van der Waals surface area contributed by atoms with Gasteiger partial charge in [0.15, 0.2) is 5.82 Å². The Labute approximate surface area is 120 Å². The zero-order valence-electron chi connectivity index (χ0n) is 12.9. The monoisotopic (exact) mass is 279 g/mol. The lowest BCUT2D eigenvalue weighted by molar-refractivity contribution is -0.139. The van der Waals surface area contributed by atoms with Crippen LogP contribution in [-0.2, 0) is 23.7 Å². The van der Waals surface area contributed by atoms with Crippen molar-refractivity contribution in [3.8, 4) is 0 Å². The number of carboxylic acids is 1. The zero-order valence-corrected chi connectivity index (χ0v) is 12.9. The van der Waals surface area contributed by atoms with Crippen molar-refractivity contribution in [1.82, 2.24) is 14.8 Å². The molecule has 112 valence electrons. The lowest BCUT2D eigenvalue weighted by Gasteiger charge is -2.26. The zero-order chi connectivity index (χ0) is 15.0. The number of hydrogen-bond acceptors (Lipinski definition) is 3. The summed E-state index contributed by atoms with van der Waals surface area (Å²) in [6.45, 7) is 6.28. The van der Waals surface area contributed by atoms with E-state index in [9.17, 15) is 9.90 Å². The third kappa shape index (κ3) is 3.19. The van der Waals surface area contributed by atoms with Crippen LogP contribution in [0, 0.1) is 5.41 Å². The highest BCUT2D eigenvalue weighted by Crippen LogP contribution is 2.43. The molecular formula is C15H25N3O2. The maximum absolute atomic E-state index is 11.2. The van der Waals surface area contributed by atoms with E-state index in [-0.39, 0.29) is 17.3 Å². The van der Waals surface area contributed by atoms with Gasteiger partial charge in [-0.15, -0.1) is 0 Å². The van der Waals surface area contributed by atoms with Crippen LogP contribution in [-0.4, -0.2) is 25.8 Å². The summed E-state index contributed by atoms with van der Waals surface area (Å²) < 4.78 is 1.82. The van der Waals surface area contributed by atoms with Crippen LogP contribution >= 0.6 is 0 Å². The van der Waals surface area contributed by atoms with Crippen molar-refractivity contribution < 1.29 is 9.90 Å². The third-order valence-electron chi connectivity index (χ3n) is 4.25. The minimum absolute atomic E-state index is 0.0777. The van der Waals surface area contributed by atoms with Crippen molar-refractivity contribution in [1.29, 1.82) is 0 Å². The molecule has 0 saturated heterocycles. The molecule has 0 aromatic carbocycles. The minimum Gasteiger partial charge on any atom is -0.481 e. The van der Waals surface area contributed by atoms with Gasteiger partial charge in [0, 0.05) is 18.9 Å². The number of aliphatic carboxylic acids is 1. The molecule has 1 N–H and O–H groups in total. The standard InChI is InChI=1S/C15H25N3O2/c1-14(2,3)13-16-11(18(4)17-13)9-15(10-12(19)20)7-5-6-8-15/h5-10H2,1-4H3,(H,19,20). The summed E-state index contributed by atoms with van der Waals surface area (Å²) >= 11 is 0. The maximum Gasteiger partial charge on any atom is 0.303 e. The first-order chi connectivity index (χ1) is 9.22. The Morgan fingerprint density at radius 3 is 2.40 bits per heavy atom. The Morgan fingerprint density at radius 2 is 1.95 bits per heavy atom. The number of aryl methyl sites for hydroxylation is 1. The van der Waals surface area contributed by atoms with Gasteiger partial charge in [0.2, 0.25) is 0 Å². The van der Waals surface area contributed by atoms with Crippen molar-refractivity contribution in [3.05, 3.63) is 11.6 Å². The Hall–Kier alpha value is -1.39. The third-order valence-corrected chi connectivity index (χ3v) is 4.25. The molecule has 0 atom stereocenters. The SMILES string of the molecule is Cn1nc(C(C)(C)C)nc1CC1(CC(=O)O)CCCC1. The molecule has 0 bridgehead atoms. The first-order valence-corrected chi connectivity index (χ1v) is 7.34. The Morgan fingerprint density at radius 1 is 1.35 bits per heavy atom. The highest BCUT2D eigenvalue weighted by molar-refractivity contribution is 5.67. The molecule has 1 saturated carbocycles. The van der Waals surface area contributed by atoms with Gasteiger partial charge >= 0.3 is 5.97 Å². The predicted molar refractivity (Wildman–Crippen MR) is 76.6 cm³/mol. The van der Waals surface area contributed by atoms with Crippen molar-refractivity contribution in [2.24, 2.45) is 12.5 Å². The lowest BCUT2D eigenvalue weighted by Crippen LogP contribution is -2.25. The van der Waals surface area contributed by atoms with E-state index in [0.717, 1.165) is 43.8 Å². The fraction of sp³-hybridized carbons (Fsp3) is 0.800. The van der Waals surface area contributed by atoms with Gasteiger partial charge in [0.1, 0.15) is 5.82 Å². The molecule has 0 spiro atoms. The molecule has 1 fully saturated rings. The molecule has 1 aromatic rings. The molecule has 1 aromatic heterocycles. The average molecular weight is 279 g/mol. The highest BCUT2D eigenvalue weighted by atomic mass is 16.4. The van der Waals surface area contributed by atoms with Crippen molar-refractivity contribution in [2.45, 2.75) is 64.7 Å². The van der Waals surface area contributed by atoms with E-state index >= 15 is 0 Å². The molecule has 1 aliphatic carbocycles. The number of nitrogens with zero attached hydrogens (tertiary/aromatic N) is 3. The molecule has 0 unspecified atom stereocenters. The van der Waals surface area contributed by atoms with E-state index < -0.39 is 5.97 Å². The highest BCUT2D eigenvalue weighted by Gasteiger charge is 2.37. The molecule has 5 heteroatoms. The van der Waals surface area contributed by atoms with Crippen LogP contribution in [0.2, 0.25) is 0 Å². The van der Waals surface area contributed by atoms with E-state index in [2.05, 4.69) is 30.9 Å². The smallest absolute Gasteiger partial charge is 0.303 e. The fourth-order valence-electron chi connectivity index (χ4n) is 3.09. The molecule has 1 aliphatic rings. The average Bonchev–Trinajstić information content (AvgIpc) is 2.86. The summed E-state index contributed by atoms with van der Waals surface area (Å²) in [7, 11) is 1.90. The topological polar surface area (TPSA) is 68.0 Å². The summed E-state index contributed by atoms with van der Waals surface area (Å²) in [5.74, 6) is 1.04. The van der Waals surface area contributed by atoms with Gasteiger partial charge in [-0.1, -0.05) is 33.6 Å². The Kier molecular flexibility index (Phi) is 3.89. The largest absolute Gasteiger partial charge is 0.481 e. The summed E-state index contributed by atoms with van der Waals surface area (Å²) in [6, 6.07) is 0. The summed E-state index contributed by atoms with van der Waals surface area (Å²) in [5.41, 5.74) is -0.201. The summed E-state index contributed by atoms with van der Waals surface area (Å²) in [6.07, 6.45) is 5.17. The summed E-state index contributed by atoms with van der Waals surface area (Å²) in [4.78, 5) is 15.8. The molecule has 2 rings (SSSR count). The van der Waals surface area contributed by atoms with E-state index in [1.54, 1.807) is 0 Å². The van der Waals surface area contributed by atoms with E-state index in [0.29, 0.717) is 0 Å². The minimum atomic E-state index is -0.704. The molecule has 5 nitrogen and oxygen atoms in total. The molecule has 0 aliphatic heterocycles. The van der Waals surface area contributed by atoms with Crippen LogP contribution in [0.1, 0.15) is 64.5 Å². The Bertz CT molecular complexity index is 494. The maximum atomic E-state index is 11.2. The second-order valence-corrected chi connectivity index (χ2v) is 7.18. The number of carbonyl (C=O) groups is 1. The summed E-state index contributed by atoms with van der Waals surface area (Å²) in [5, 5.41) is 13.7. The second kappa shape index (κ2) is 5.19. The predicted octanol–water partition coefficient (Wildman–Crippen LogP) is 2.69. The van der Waals surface area contributed by atoms with Crippen LogP contribution in [0.25, 0.3) is 0 Å². The first kappa shape index (κ1) is 15.0. The van der Waals surface area contributed by atoms with Gasteiger partial charge in [-0.2, -0.15) is 5.10 Å². The number of hydrogen-bond donors (Lipinski definition) is 1. The molecule has 0 radical (unpaired) electrons. The normalized spacial score (nSPS) is 18.4. The number of aromatic nitrogens is 3. The first-order valence-electron chi connectivity index (χ1n) is 7.34. The van der Waals surface area contributed by atoms with Crippen LogP contribution in [0.3, 0.4) is 0 Å². The van der Waals surface area contributed by atoms with E-state index in [1.807, 2.05) is 11.7 Å². The van der Waals surface area contributed by atoms with Gasteiger partial charge in [-0.25, -0.2) is 4.98 Å². The van der Waals surface area contributed by atoms with Crippen molar-refractivity contribution in [2.75, 3.05) is 0 Å². The van der Waals surface area contributed by atoms with Gasteiger partial charge < -0.3 is 5.11 Å². The van der Waals surface area contributed by atoms with Crippen LogP contribution in [0.4, 0.5) is 0 Å². The number of rotatable bonds is 4. The quantitative estimate of drug-likeness (QED) is 0.920.